The van der Waals surface area contributed by atoms with Crippen molar-refractivity contribution in [1.29, 1.82) is 0 Å². The van der Waals surface area contributed by atoms with E-state index >= 15 is 0 Å². The number of hydrogen-bond donors (Lipinski definition) is 1. The third-order valence-corrected chi connectivity index (χ3v) is 1.87. The van der Waals surface area contributed by atoms with Crippen molar-refractivity contribution in [2.24, 2.45) is 0 Å². The van der Waals surface area contributed by atoms with E-state index in [4.69, 9.17) is 5.11 Å². The Morgan fingerprint density at radius 3 is 2.60 bits per heavy atom. The molecule has 0 aliphatic carbocycles. The number of halogens is 2. The van der Waals surface area contributed by atoms with Crippen LogP contribution in [0.2, 0.25) is 0 Å². The molecule has 0 atom stereocenters. The number of methoxy groups -OCH3 is 1. The molecule has 4 nitrogen and oxygen atoms in total. The maximum absolute atomic E-state index is 12.4. The Bertz CT molecular complexity index is 393. The minimum atomic E-state index is -2.70. The Morgan fingerprint density at radius 1 is 1.60 bits per heavy atom. The second-order valence-corrected chi connectivity index (χ2v) is 2.82. The third kappa shape index (κ3) is 2.20. The lowest BCUT2D eigenvalue weighted by Crippen LogP contribution is -2.07. The van der Waals surface area contributed by atoms with Gasteiger partial charge in [0.1, 0.15) is 0 Å². The molecule has 82 valence electrons. The number of hydrogen-bond acceptors (Lipinski definition) is 3. The van der Waals surface area contributed by atoms with Gasteiger partial charge in [-0.2, -0.15) is 0 Å². The van der Waals surface area contributed by atoms with Crippen molar-refractivity contribution in [3.8, 4) is 5.75 Å². The highest BCUT2D eigenvalue weighted by atomic mass is 19.3. The SMILES string of the molecule is COc1cc(C(F)F)c(C)nc1C(=O)O. The summed E-state index contributed by atoms with van der Waals surface area (Å²) < 4.78 is 29.5. The first-order chi connectivity index (χ1) is 6.97. The fourth-order valence-corrected chi connectivity index (χ4v) is 1.13. The van der Waals surface area contributed by atoms with Crippen molar-refractivity contribution in [2.45, 2.75) is 13.3 Å². The highest BCUT2D eigenvalue weighted by Gasteiger charge is 2.19. The van der Waals surface area contributed by atoms with Gasteiger partial charge in [0, 0.05) is 11.3 Å². The molecule has 0 spiro atoms. The van der Waals surface area contributed by atoms with Gasteiger partial charge in [-0.25, -0.2) is 18.6 Å². The molecule has 0 aromatic carbocycles. The summed E-state index contributed by atoms with van der Waals surface area (Å²) in [5, 5.41) is 8.72. The molecule has 1 heterocycles. The maximum Gasteiger partial charge on any atom is 0.358 e. The van der Waals surface area contributed by atoms with Gasteiger partial charge in [-0.15, -0.1) is 0 Å². The van der Waals surface area contributed by atoms with Crippen molar-refractivity contribution < 1.29 is 23.4 Å². The van der Waals surface area contributed by atoms with Gasteiger partial charge < -0.3 is 9.84 Å². The number of carboxylic acid groups (broad SMARTS) is 1. The summed E-state index contributed by atoms with van der Waals surface area (Å²) in [6, 6.07) is 0.996. The van der Waals surface area contributed by atoms with Crippen LogP contribution in [0.1, 0.15) is 28.2 Å². The number of aromatic carboxylic acids is 1. The Balaban J connectivity index is 3.35. The molecule has 0 aliphatic heterocycles. The van der Waals surface area contributed by atoms with E-state index in [2.05, 4.69) is 9.72 Å². The smallest absolute Gasteiger partial charge is 0.358 e. The van der Waals surface area contributed by atoms with Crippen LogP contribution in [0, 0.1) is 6.92 Å². The van der Waals surface area contributed by atoms with Gasteiger partial charge in [0.15, 0.2) is 11.4 Å². The van der Waals surface area contributed by atoms with Crippen molar-refractivity contribution in [1.82, 2.24) is 4.98 Å². The molecular formula is C9H9F2NO3. The Labute approximate surface area is 84.5 Å². The summed E-state index contributed by atoms with van der Waals surface area (Å²) in [5.74, 6) is -1.47. The highest BCUT2D eigenvalue weighted by Crippen LogP contribution is 2.27. The first kappa shape index (κ1) is 11.4. The lowest BCUT2D eigenvalue weighted by Gasteiger charge is -2.09. The van der Waals surface area contributed by atoms with E-state index < -0.39 is 12.4 Å². The number of alkyl halides is 2. The molecule has 0 unspecified atom stereocenters. The lowest BCUT2D eigenvalue weighted by atomic mass is 10.1. The number of carbonyl (C=O) groups is 1. The molecule has 0 saturated heterocycles. The molecular weight excluding hydrogens is 208 g/mol. The van der Waals surface area contributed by atoms with Gasteiger partial charge in [-0.3, -0.25) is 0 Å². The van der Waals surface area contributed by atoms with Gasteiger partial charge in [0.2, 0.25) is 0 Å². The molecule has 0 bridgehead atoms. The lowest BCUT2D eigenvalue weighted by molar-refractivity contribution is 0.0685. The molecule has 0 saturated carbocycles. The second-order valence-electron chi connectivity index (χ2n) is 2.82. The number of aryl methyl sites for hydroxylation is 1. The minimum Gasteiger partial charge on any atom is -0.494 e. The molecule has 1 rings (SSSR count). The third-order valence-electron chi connectivity index (χ3n) is 1.87. The summed E-state index contributed by atoms with van der Waals surface area (Å²) in [6.45, 7) is 1.33. The zero-order valence-corrected chi connectivity index (χ0v) is 8.12. The largest absolute Gasteiger partial charge is 0.494 e. The molecule has 1 aromatic heterocycles. The van der Waals surface area contributed by atoms with E-state index in [0.717, 1.165) is 6.07 Å². The van der Waals surface area contributed by atoms with Crippen molar-refractivity contribution in [3.63, 3.8) is 0 Å². The quantitative estimate of drug-likeness (QED) is 0.841. The van der Waals surface area contributed by atoms with E-state index in [1.807, 2.05) is 0 Å². The minimum absolute atomic E-state index is 0.0109. The Kier molecular flexibility index (Phi) is 3.18. The molecule has 0 amide bonds. The van der Waals surface area contributed by atoms with Crippen molar-refractivity contribution in [2.75, 3.05) is 7.11 Å². The average molecular weight is 217 g/mol. The molecule has 0 fully saturated rings. The van der Waals surface area contributed by atoms with Crippen molar-refractivity contribution in [3.05, 3.63) is 23.0 Å². The summed E-state index contributed by atoms with van der Waals surface area (Å²) in [4.78, 5) is 14.2. The van der Waals surface area contributed by atoms with E-state index in [-0.39, 0.29) is 22.7 Å². The number of nitrogens with zero attached hydrogens (tertiary/aromatic N) is 1. The first-order valence-corrected chi connectivity index (χ1v) is 4.04. The van der Waals surface area contributed by atoms with Gasteiger partial charge >= 0.3 is 5.97 Å². The summed E-state index contributed by atoms with van der Waals surface area (Å²) in [5.41, 5.74) is -0.695. The van der Waals surface area contributed by atoms with Crippen LogP contribution >= 0.6 is 0 Å². The topological polar surface area (TPSA) is 59.4 Å². The number of rotatable bonds is 3. The van der Waals surface area contributed by atoms with Crippen LogP contribution in [0.3, 0.4) is 0 Å². The number of carboxylic acids is 1. The average Bonchev–Trinajstić information content (AvgIpc) is 2.16. The maximum atomic E-state index is 12.4. The molecule has 0 radical (unpaired) electrons. The fourth-order valence-electron chi connectivity index (χ4n) is 1.13. The normalized spacial score (nSPS) is 10.5. The Morgan fingerprint density at radius 2 is 2.20 bits per heavy atom. The van der Waals surface area contributed by atoms with Crippen LogP contribution in [-0.4, -0.2) is 23.2 Å². The zero-order chi connectivity index (χ0) is 11.6. The Hall–Kier alpha value is -1.72. The highest BCUT2D eigenvalue weighted by molar-refractivity contribution is 5.88. The van der Waals surface area contributed by atoms with Gasteiger partial charge in [-0.1, -0.05) is 0 Å². The van der Waals surface area contributed by atoms with Crippen LogP contribution in [0.25, 0.3) is 0 Å². The number of pyridine rings is 1. The van der Waals surface area contributed by atoms with Crippen LogP contribution in [0.15, 0.2) is 6.07 Å². The van der Waals surface area contributed by atoms with Gasteiger partial charge in [0.25, 0.3) is 6.43 Å². The second kappa shape index (κ2) is 4.20. The summed E-state index contributed by atoms with van der Waals surface area (Å²) in [7, 11) is 1.20. The van der Waals surface area contributed by atoms with Crippen molar-refractivity contribution >= 4 is 5.97 Å². The van der Waals surface area contributed by atoms with E-state index in [9.17, 15) is 13.6 Å². The molecule has 15 heavy (non-hydrogen) atoms. The monoisotopic (exact) mass is 217 g/mol. The molecule has 6 heteroatoms. The van der Waals surface area contributed by atoms with Crippen LogP contribution < -0.4 is 4.74 Å². The van der Waals surface area contributed by atoms with Crippen LogP contribution in [0.5, 0.6) is 5.75 Å². The van der Waals surface area contributed by atoms with Crippen LogP contribution in [0.4, 0.5) is 8.78 Å². The molecule has 0 aliphatic rings. The predicted octanol–water partition coefficient (Wildman–Crippen LogP) is 2.03. The van der Waals surface area contributed by atoms with Gasteiger partial charge in [0.05, 0.1) is 7.11 Å². The zero-order valence-electron chi connectivity index (χ0n) is 8.12. The predicted molar refractivity (Wildman–Crippen MR) is 47.4 cm³/mol. The van der Waals surface area contributed by atoms with Crippen LogP contribution in [-0.2, 0) is 0 Å². The molecule has 1 aromatic rings. The fraction of sp³-hybridized carbons (Fsp3) is 0.333. The standard InChI is InChI=1S/C9H9F2NO3/c1-4-5(8(10)11)3-6(15-2)7(12-4)9(13)14/h3,8H,1-2H3,(H,13,14). The number of aromatic nitrogens is 1. The first-order valence-electron chi connectivity index (χ1n) is 4.04. The summed E-state index contributed by atoms with van der Waals surface area (Å²) >= 11 is 0. The summed E-state index contributed by atoms with van der Waals surface area (Å²) in [6.07, 6.45) is -2.70. The van der Waals surface area contributed by atoms with Gasteiger partial charge in [-0.05, 0) is 13.0 Å². The van der Waals surface area contributed by atoms with E-state index in [1.165, 1.54) is 14.0 Å². The molecule has 1 N–H and O–H groups in total. The van der Waals surface area contributed by atoms with E-state index in [0.29, 0.717) is 0 Å². The van der Waals surface area contributed by atoms with E-state index in [1.54, 1.807) is 0 Å². The number of ether oxygens (including phenoxy) is 1.